The number of aromatic nitrogens is 2. The monoisotopic (exact) mass is 515 g/mol. The largest absolute Gasteiger partial charge is 0.283 e. The zero-order chi connectivity index (χ0) is 22.0. The molecular formula is C22H18BrN3O3S2. The van der Waals surface area contributed by atoms with Gasteiger partial charge in [0.15, 0.2) is 15.0 Å². The highest BCUT2D eigenvalue weighted by molar-refractivity contribution is 9.10. The maximum atomic E-state index is 13.3. The van der Waals surface area contributed by atoms with E-state index in [0.29, 0.717) is 11.7 Å². The van der Waals surface area contributed by atoms with Crippen LogP contribution in [0.15, 0.2) is 76.4 Å². The normalized spacial score (nSPS) is 11.5. The van der Waals surface area contributed by atoms with Crippen LogP contribution in [-0.2, 0) is 27.6 Å². The standard InChI is InChI=1S/C22H18BrN3O3S2/c1-31(28,29)18-7-4-15(5-8-18)11-21(27)26(14-16-3-2-10-24-13-16)22-25-19-9-6-17(23)12-20(19)30-22/h2-10,12-13H,11,14H2,1H3. The minimum absolute atomic E-state index is 0.129. The summed E-state index contributed by atoms with van der Waals surface area (Å²) in [7, 11) is -3.28. The zero-order valence-corrected chi connectivity index (χ0v) is 19.7. The van der Waals surface area contributed by atoms with Gasteiger partial charge in [0.05, 0.1) is 28.1 Å². The van der Waals surface area contributed by atoms with Crippen molar-refractivity contribution >= 4 is 58.4 Å². The Bertz CT molecular complexity index is 1340. The summed E-state index contributed by atoms with van der Waals surface area (Å²) in [4.78, 5) is 24.0. The van der Waals surface area contributed by atoms with Crippen LogP contribution in [-0.4, -0.2) is 30.5 Å². The van der Waals surface area contributed by atoms with Crippen molar-refractivity contribution in [1.82, 2.24) is 9.97 Å². The summed E-state index contributed by atoms with van der Waals surface area (Å²) in [6.45, 7) is 0.342. The minimum Gasteiger partial charge on any atom is -0.283 e. The lowest BCUT2D eigenvalue weighted by Crippen LogP contribution is -2.31. The van der Waals surface area contributed by atoms with Gasteiger partial charge in [-0.2, -0.15) is 0 Å². The number of halogens is 1. The number of carbonyl (C=O) groups excluding carboxylic acids is 1. The van der Waals surface area contributed by atoms with Crippen LogP contribution in [0.2, 0.25) is 0 Å². The molecule has 0 saturated carbocycles. The van der Waals surface area contributed by atoms with Crippen molar-refractivity contribution in [2.75, 3.05) is 11.2 Å². The van der Waals surface area contributed by atoms with Crippen LogP contribution in [0.25, 0.3) is 10.2 Å². The van der Waals surface area contributed by atoms with E-state index >= 15 is 0 Å². The van der Waals surface area contributed by atoms with Gasteiger partial charge in [-0.25, -0.2) is 13.4 Å². The average molecular weight is 516 g/mol. The maximum absolute atomic E-state index is 13.3. The van der Waals surface area contributed by atoms with Gasteiger partial charge in [0.25, 0.3) is 0 Å². The lowest BCUT2D eigenvalue weighted by molar-refractivity contribution is -0.118. The molecule has 0 unspecified atom stereocenters. The van der Waals surface area contributed by atoms with Crippen LogP contribution in [0, 0.1) is 0 Å². The molecule has 0 spiro atoms. The average Bonchev–Trinajstić information content (AvgIpc) is 3.15. The molecule has 2 aromatic heterocycles. The summed E-state index contributed by atoms with van der Waals surface area (Å²) in [5.74, 6) is -0.130. The second kappa shape index (κ2) is 8.86. The highest BCUT2D eigenvalue weighted by Gasteiger charge is 2.21. The Morgan fingerprint density at radius 2 is 1.87 bits per heavy atom. The topological polar surface area (TPSA) is 80.2 Å². The number of hydrogen-bond acceptors (Lipinski definition) is 6. The van der Waals surface area contributed by atoms with E-state index < -0.39 is 9.84 Å². The molecular weight excluding hydrogens is 498 g/mol. The van der Waals surface area contributed by atoms with E-state index in [-0.39, 0.29) is 17.2 Å². The molecule has 0 aliphatic rings. The number of sulfone groups is 1. The van der Waals surface area contributed by atoms with Gasteiger partial charge in [-0.05, 0) is 47.5 Å². The Morgan fingerprint density at radius 3 is 2.55 bits per heavy atom. The first-order valence-electron chi connectivity index (χ1n) is 9.34. The van der Waals surface area contributed by atoms with Crippen molar-refractivity contribution in [3.8, 4) is 0 Å². The number of anilines is 1. The predicted octanol–water partition coefficient (Wildman–Crippen LogP) is 4.63. The zero-order valence-electron chi connectivity index (χ0n) is 16.5. The molecule has 0 atom stereocenters. The van der Waals surface area contributed by atoms with Crippen molar-refractivity contribution in [2.45, 2.75) is 17.9 Å². The highest BCUT2D eigenvalue weighted by atomic mass is 79.9. The number of nitrogens with zero attached hydrogens (tertiary/aromatic N) is 3. The van der Waals surface area contributed by atoms with Crippen LogP contribution >= 0.6 is 27.3 Å². The SMILES string of the molecule is CS(=O)(=O)c1ccc(CC(=O)N(Cc2cccnc2)c2nc3ccc(Br)cc3s2)cc1. The summed E-state index contributed by atoms with van der Waals surface area (Å²) in [5.41, 5.74) is 2.45. The van der Waals surface area contributed by atoms with E-state index in [0.717, 1.165) is 32.1 Å². The van der Waals surface area contributed by atoms with Crippen LogP contribution in [0.4, 0.5) is 5.13 Å². The fourth-order valence-electron chi connectivity index (χ4n) is 3.06. The Balaban J connectivity index is 1.65. The van der Waals surface area contributed by atoms with Gasteiger partial charge in [0.2, 0.25) is 5.91 Å². The molecule has 0 saturated heterocycles. The second-order valence-corrected chi connectivity index (χ2v) is 11.0. The lowest BCUT2D eigenvalue weighted by Gasteiger charge is -2.20. The summed E-state index contributed by atoms with van der Waals surface area (Å²) in [6.07, 6.45) is 4.71. The summed E-state index contributed by atoms with van der Waals surface area (Å²) >= 11 is 4.92. The molecule has 31 heavy (non-hydrogen) atoms. The molecule has 0 bridgehead atoms. The fourth-order valence-corrected chi connectivity index (χ4v) is 5.23. The predicted molar refractivity (Wildman–Crippen MR) is 126 cm³/mol. The third-order valence-corrected chi connectivity index (χ3v) is 7.30. The van der Waals surface area contributed by atoms with Gasteiger partial charge in [0, 0.05) is 23.1 Å². The van der Waals surface area contributed by atoms with Crippen LogP contribution in [0.5, 0.6) is 0 Å². The first kappa shape index (κ1) is 21.6. The number of thiazole rings is 1. The Morgan fingerprint density at radius 1 is 1.10 bits per heavy atom. The van der Waals surface area contributed by atoms with E-state index in [1.54, 1.807) is 29.4 Å². The lowest BCUT2D eigenvalue weighted by atomic mass is 10.1. The number of amides is 1. The molecule has 6 nitrogen and oxygen atoms in total. The van der Waals surface area contributed by atoms with E-state index in [1.807, 2.05) is 30.3 Å². The molecule has 4 aromatic rings. The molecule has 0 radical (unpaired) electrons. The quantitative estimate of drug-likeness (QED) is 0.373. The summed E-state index contributed by atoms with van der Waals surface area (Å²) < 4.78 is 25.3. The molecule has 9 heteroatoms. The van der Waals surface area contributed by atoms with E-state index in [1.165, 1.54) is 23.5 Å². The van der Waals surface area contributed by atoms with E-state index in [2.05, 4.69) is 25.9 Å². The Kier molecular flexibility index (Phi) is 6.17. The van der Waals surface area contributed by atoms with Crippen LogP contribution < -0.4 is 4.90 Å². The first-order valence-corrected chi connectivity index (χ1v) is 12.8. The minimum atomic E-state index is -3.28. The maximum Gasteiger partial charge on any atom is 0.233 e. The molecule has 2 heterocycles. The molecule has 0 fully saturated rings. The Labute approximate surface area is 192 Å². The van der Waals surface area contributed by atoms with Gasteiger partial charge in [-0.1, -0.05) is 45.5 Å². The molecule has 1 amide bonds. The third kappa shape index (κ3) is 5.17. The van der Waals surface area contributed by atoms with Crippen molar-refractivity contribution in [3.05, 3.63) is 82.6 Å². The third-order valence-electron chi connectivity index (χ3n) is 4.64. The van der Waals surface area contributed by atoms with Crippen molar-refractivity contribution in [2.24, 2.45) is 0 Å². The van der Waals surface area contributed by atoms with Crippen LogP contribution in [0.3, 0.4) is 0 Å². The number of fused-ring (bicyclic) bond motifs is 1. The van der Waals surface area contributed by atoms with Crippen molar-refractivity contribution in [3.63, 3.8) is 0 Å². The number of rotatable bonds is 6. The van der Waals surface area contributed by atoms with Crippen LogP contribution in [0.1, 0.15) is 11.1 Å². The highest BCUT2D eigenvalue weighted by Crippen LogP contribution is 2.32. The van der Waals surface area contributed by atoms with Gasteiger partial charge in [-0.15, -0.1) is 0 Å². The summed E-state index contributed by atoms with van der Waals surface area (Å²) in [6, 6.07) is 16.0. The number of carbonyl (C=O) groups is 1. The molecule has 0 N–H and O–H groups in total. The van der Waals surface area contributed by atoms with Gasteiger partial charge >= 0.3 is 0 Å². The molecule has 0 aliphatic heterocycles. The summed E-state index contributed by atoms with van der Waals surface area (Å²) in [5, 5.41) is 0.606. The smallest absolute Gasteiger partial charge is 0.233 e. The second-order valence-electron chi connectivity index (χ2n) is 7.04. The van der Waals surface area contributed by atoms with Gasteiger partial charge in [0.1, 0.15) is 0 Å². The number of hydrogen-bond donors (Lipinski definition) is 0. The molecule has 158 valence electrons. The Hall–Kier alpha value is -2.62. The fraction of sp³-hybridized carbons (Fsp3) is 0.136. The van der Waals surface area contributed by atoms with Gasteiger partial charge in [-0.3, -0.25) is 14.7 Å². The molecule has 2 aromatic carbocycles. The first-order chi connectivity index (χ1) is 14.8. The van der Waals surface area contributed by atoms with E-state index in [4.69, 9.17) is 0 Å². The van der Waals surface area contributed by atoms with Crippen molar-refractivity contribution in [1.29, 1.82) is 0 Å². The molecule has 0 aliphatic carbocycles. The number of benzene rings is 2. The van der Waals surface area contributed by atoms with Crippen molar-refractivity contribution < 1.29 is 13.2 Å². The van der Waals surface area contributed by atoms with E-state index in [9.17, 15) is 13.2 Å². The number of pyridine rings is 1. The van der Waals surface area contributed by atoms with Gasteiger partial charge < -0.3 is 0 Å². The molecule has 4 rings (SSSR count).